The number of methoxy groups -OCH3 is 1. The molecule has 1 aliphatic heterocycles. The zero-order chi connectivity index (χ0) is 15.8. The molecular weight excluding hydrogens is 321 g/mol. The van der Waals surface area contributed by atoms with Gasteiger partial charge < -0.3 is 19.5 Å². The number of esters is 1. The summed E-state index contributed by atoms with van der Waals surface area (Å²) >= 11 is 12.2. The van der Waals surface area contributed by atoms with Crippen molar-refractivity contribution >= 4 is 35.0 Å². The van der Waals surface area contributed by atoms with Crippen LogP contribution in [0.25, 0.3) is 0 Å². The molecule has 6 nitrogen and oxygen atoms in total. The van der Waals surface area contributed by atoms with Crippen LogP contribution in [-0.4, -0.2) is 49.3 Å². The molecule has 1 spiro atoms. The maximum Gasteiger partial charge on any atom is 0.328 e. The van der Waals surface area contributed by atoms with E-state index in [1.54, 1.807) is 0 Å². The van der Waals surface area contributed by atoms with Crippen LogP contribution in [0.15, 0.2) is 10.7 Å². The number of ether oxygens (including phenoxy) is 3. The highest BCUT2D eigenvalue weighted by molar-refractivity contribution is 6.50. The number of carbonyl (C=O) groups is 2. The van der Waals surface area contributed by atoms with Crippen LogP contribution in [0.3, 0.4) is 0 Å². The Morgan fingerprint density at radius 1 is 1.43 bits per heavy atom. The highest BCUT2D eigenvalue weighted by Crippen LogP contribution is 2.43. The van der Waals surface area contributed by atoms with E-state index in [9.17, 15) is 9.59 Å². The molecule has 0 radical (unpaired) electrons. The van der Waals surface area contributed by atoms with E-state index in [1.165, 1.54) is 7.11 Å². The molecule has 1 heterocycles. The number of halogens is 2. The van der Waals surface area contributed by atoms with Gasteiger partial charge in [-0.1, -0.05) is 25.4 Å². The Balaban J connectivity index is 2.35. The Labute approximate surface area is 132 Å². The van der Waals surface area contributed by atoms with E-state index in [0.29, 0.717) is 0 Å². The highest BCUT2D eigenvalue weighted by Gasteiger charge is 2.58. The number of Topliss-reactive ketones (excluding diaryl/α,β-unsaturated/α-hetero) is 1. The predicted molar refractivity (Wildman–Crippen MR) is 75.9 cm³/mol. The largest absolute Gasteiger partial charge is 0.467 e. The summed E-state index contributed by atoms with van der Waals surface area (Å²) < 4.78 is 15.8. The Morgan fingerprint density at radius 3 is 2.48 bits per heavy atom. The fourth-order valence-electron chi connectivity index (χ4n) is 2.35. The monoisotopic (exact) mass is 337 g/mol. The highest BCUT2D eigenvalue weighted by atomic mass is 35.5. The van der Waals surface area contributed by atoms with Crippen LogP contribution in [0, 0.1) is 5.92 Å². The molecule has 0 aromatic heterocycles. The summed E-state index contributed by atoms with van der Waals surface area (Å²) in [6, 6.07) is -0.696. The lowest BCUT2D eigenvalue weighted by Gasteiger charge is -2.31. The second-order valence-corrected chi connectivity index (χ2v) is 5.98. The summed E-state index contributed by atoms with van der Waals surface area (Å²) in [5.41, 5.74) is 0.191. The van der Waals surface area contributed by atoms with Crippen molar-refractivity contribution in [3.8, 4) is 0 Å². The molecule has 118 valence electrons. The third kappa shape index (κ3) is 2.65. The SMILES string of the molecule is COC(=O)[C@H](NC1=C(Cl)C(=O)C(Cl)C12OCCO2)C(C)C. The predicted octanol–water partition coefficient (Wildman–Crippen LogP) is 1.16. The molecular formula is C13H17Cl2NO5. The summed E-state index contributed by atoms with van der Waals surface area (Å²) in [5, 5.41) is 1.74. The van der Waals surface area contributed by atoms with Crippen molar-refractivity contribution in [1.29, 1.82) is 0 Å². The molecule has 0 aromatic rings. The van der Waals surface area contributed by atoms with E-state index in [1.807, 2.05) is 13.8 Å². The van der Waals surface area contributed by atoms with Crippen LogP contribution in [0.5, 0.6) is 0 Å². The Morgan fingerprint density at radius 2 is 2.00 bits per heavy atom. The lowest BCUT2D eigenvalue weighted by atomic mass is 10.0. The van der Waals surface area contributed by atoms with Crippen molar-refractivity contribution in [2.24, 2.45) is 5.92 Å². The summed E-state index contributed by atoms with van der Waals surface area (Å²) in [7, 11) is 1.29. The average Bonchev–Trinajstić information content (AvgIpc) is 3.00. The molecule has 1 fully saturated rings. The van der Waals surface area contributed by atoms with Crippen LogP contribution in [0.1, 0.15) is 13.8 Å². The fraction of sp³-hybridized carbons (Fsp3) is 0.692. The Hall–Kier alpha value is -0.820. The summed E-state index contributed by atoms with van der Waals surface area (Å²) in [6.07, 6.45) is 0. The maximum absolute atomic E-state index is 12.0. The molecule has 0 amide bonds. The van der Waals surface area contributed by atoms with Gasteiger partial charge in [0.15, 0.2) is 11.2 Å². The van der Waals surface area contributed by atoms with Gasteiger partial charge >= 0.3 is 5.97 Å². The first-order valence-electron chi connectivity index (χ1n) is 6.56. The van der Waals surface area contributed by atoms with Crippen molar-refractivity contribution in [1.82, 2.24) is 5.32 Å². The van der Waals surface area contributed by atoms with Gasteiger partial charge in [0.1, 0.15) is 11.1 Å². The molecule has 1 saturated heterocycles. The molecule has 2 atom stereocenters. The summed E-state index contributed by atoms with van der Waals surface area (Å²) in [4.78, 5) is 23.9. The van der Waals surface area contributed by atoms with Gasteiger partial charge in [0.2, 0.25) is 5.79 Å². The Kier molecular flexibility index (Phi) is 4.82. The van der Waals surface area contributed by atoms with Gasteiger partial charge in [-0.3, -0.25) is 4.79 Å². The van der Waals surface area contributed by atoms with E-state index in [0.717, 1.165) is 0 Å². The lowest BCUT2D eigenvalue weighted by Crippen LogP contribution is -2.50. The van der Waals surface area contributed by atoms with Crippen LogP contribution in [0.4, 0.5) is 0 Å². The minimum atomic E-state index is -1.45. The average molecular weight is 338 g/mol. The number of carbonyl (C=O) groups excluding carboxylic acids is 2. The zero-order valence-electron chi connectivity index (χ0n) is 11.9. The van der Waals surface area contributed by atoms with Crippen molar-refractivity contribution < 1.29 is 23.8 Å². The molecule has 2 rings (SSSR count). The van der Waals surface area contributed by atoms with E-state index in [4.69, 9.17) is 37.4 Å². The smallest absolute Gasteiger partial charge is 0.328 e. The van der Waals surface area contributed by atoms with Gasteiger partial charge in [0.05, 0.1) is 26.0 Å². The van der Waals surface area contributed by atoms with Gasteiger partial charge in [-0.25, -0.2) is 4.79 Å². The van der Waals surface area contributed by atoms with E-state index in [-0.39, 0.29) is 29.9 Å². The summed E-state index contributed by atoms with van der Waals surface area (Å²) in [5.74, 6) is -2.51. The third-order valence-corrected chi connectivity index (χ3v) is 4.35. The van der Waals surface area contributed by atoms with Gasteiger partial charge in [-0.15, -0.1) is 11.6 Å². The normalized spacial score (nSPS) is 25.8. The molecule has 8 heteroatoms. The van der Waals surface area contributed by atoms with Crippen molar-refractivity contribution in [2.75, 3.05) is 20.3 Å². The van der Waals surface area contributed by atoms with Crippen LogP contribution < -0.4 is 5.32 Å². The number of nitrogens with one attached hydrogen (secondary N) is 1. The molecule has 1 N–H and O–H groups in total. The van der Waals surface area contributed by atoms with Crippen LogP contribution in [0.2, 0.25) is 0 Å². The molecule has 0 aromatic carbocycles. The fourth-order valence-corrected chi connectivity index (χ4v) is 3.05. The van der Waals surface area contributed by atoms with Gasteiger partial charge in [0.25, 0.3) is 0 Å². The van der Waals surface area contributed by atoms with E-state index >= 15 is 0 Å². The second kappa shape index (κ2) is 6.12. The lowest BCUT2D eigenvalue weighted by molar-refractivity contribution is -0.147. The van der Waals surface area contributed by atoms with Crippen LogP contribution >= 0.6 is 23.2 Å². The van der Waals surface area contributed by atoms with Gasteiger partial charge in [0, 0.05) is 0 Å². The first-order chi connectivity index (χ1) is 9.85. The molecule has 1 aliphatic carbocycles. The van der Waals surface area contributed by atoms with Gasteiger partial charge in [-0.2, -0.15) is 0 Å². The Bertz CT molecular complexity index is 485. The summed E-state index contributed by atoms with van der Waals surface area (Å²) in [6.45, 7) is 4.24. The minimum absolute atomic E-state index is 0.0997. The number of hydrogen-bond donors (Lipinski definition) is 1. The number of allylic oxidation sites excluding steroid dienone is 1. The van der Waals surface area contributed by atoms with Gasteiger partial charge in [-0.05, 0) is 5.92 Å². The standard InChI is InChI=1S/C13H17Cl2NO5/c1-6(2)8(12(18)19-3)16-11-7(14)9(17)10(15)13(11)20-4-5-21-13/h6,8,10,16H,4-5H2,1-3H3/t8-,10?/m1/s1. The topological polar surface area (TPSA) is 73.9 Å². The molecule has 0 bridgehead atoms. The molecule has 21 heavy (non-hydrogen) atoms. The van der Waals surface area contributed by atoms with Crippen LogP contribution in [-0.2, 0) is 23.8 Å². The quantitative estimate of drug-likeness (QED) is 0.613. The number of ketones is 1. The molecule has 0 saturated carbocycles. The first-order valence-corrected chi connectivity index (χ1v) is 7.37. The minimum Gasteiger partial charge on any atom is -0.467 e. The maximum atomic E-state index is 12.0. The molecule has 1 unspecified atom stereocenters. The van der Waals surface area contributed by atoms with E-state index < -0.39 is 29.0 Å². The van der Waals surface area contributed by atoms with Crippen molar-refractivity contribution in [2.45, 2.75) is 31.1 Å². The third-order valence-electron chi connectivity index (χ3n) is 3.49. The number of alkyl halides is 1. The number of rotatable bonds is 4. The first kappa shape index (κ1) is 16.5. The van der Waals surface area contributed by atoms with E-state index in [2.05, 4.69) is 5.32 Å². The van der Waals surface area contributed by atoms with Crippen molar-refractivity contribution in [3.05, 3.63) is 10.7 Å². The number of hydrogen-bond acceptors (Lipinski definition) is 6. The van der Waals surface area contributed by atoms with Crippen molar-refractivity contribution in [3.63, 3.8) is 0 Å². The molecule has 2 aliphatic rings. The zero-order valence-corrected chi connectivity index (χ0v) is 13.5. The second-order valence-electron chi connectivity index (χ2n) is 5.17.